The van der Waals surface area contributed by atoms with E-state index >= 15 is 0 Å². The summed E-state index contributed by atoms with van der Waals surface area (Å²) in [5.41, 5.74) is 0. The molecule has 0 spiro atoms. The Morgan fingerprint density at radius 3 is 0.701 bits per heavy atom. The Bertz CT molecular complexity index is 1860. The van der Waals surface area contributed by atoms with Crippen molar-refractivity contribution in [3.63, 3.8) is 0 Å². The van der Waals surface area contributed by atoms with Crippen molar-refractivity contribution < 1.29 is 80.2 Å². The highest BCUT2D eigenvalue weighted by Gasteiger charge is 2.30. The summed E-state index contributed by atoms with van der Waals surface area (Å²) < 4.78 is 68.4. The van der Waals surface area contributed by atoms with Crippen LogP contribution in [0, 0.1) is 5.92 Å². The minimum atomic E-state index is -4.96. The first-order valence-electron chi connectivity index (χ1n) is 40.6. The number of phosphoric ester groups is 2. The number of ether oxygens (including phenoxy) is 4. The van der Waals surface area contributed by atoms with E-state index in [2.05, 4.69) is 34.6 Å². The van der Waals surface area contributed by atoms with Crippen molar-refractivity contribution in [1.29, 1.82) is 0 Å². The van der Waals surface area contributed by atoms with Gasteiger partial charge in [-0.3, -0.25) is 37.3 Å². The quantitative estimate of drug-likeness (QED) is 0.0222. The van der Waals surface area contributed by atoms with E-state index in [1.807, 2.05) is 0 Å². The fourth-order valence-corrected chi connectivity index (χ4v) is 13.6. The fraction of sp³-hybridized carbons (Fsp3) is 0.949. The zero-order chi connectivity index (χ0) is 71.2. The van der Waals surface area contributed by atoms with Gasteiger partial charge in [0.25, 0.3) is 0 Å². The van der Waals surface area contributed by atoms with Gasteiger partial charge in [0.15, 0.2) is 12.2 Å². The highest BCUT2D eigenvalue weighted by atomic mass is 31.2. The van der Waals surface area contributed by atoms with Crippen LogP contribution in [0.4, 0.5) is 0 Å². The summed E-state index contributed by atoms with van der Waals surface area (Å²) in [5, 5.41) is 10.6. The van der Waals surface area contributed by atoms with Crippen LogP contribution in [0.2, 0.25) is 0 Å². The second-order valence-corrected chi connectivity index (χ2v) is 31.5. The third kappa shape index (κ3) is 72.2. The summed E-state index contributed by atoms with van der Waals surface area (Å²) in [6.07, 6.45) is 61.3. The maximum absolute atomic E-state index is 13.1. The minimum Gasteiger partial charge on any atom is -0.462 e. The Balaban J connectivity index is 5.15. The van der Waals surface area contributed by atoms with Crippen LogP contribution in [-0.2, 0) is 65.4 Å². The molecule has 0 bridgehead atoms. The van der Waals surface area contributed by atoms with Gasteiger partial charge in [-0.1, -0.05) is 362 Å². The van der Waals surface area contributed by atoms with Crippen molar-refractivity contribution in [1.82, 2.24) is 0 Å². The van der Waals surface area contributed by atoms with Crippen LogP contribution in [0.25, 0.3) is 0 Å². The first kappa shape index (κ1) is 95.1. The van der Waals surface area contributed by atoms with Gasteiger partial charge >= 0.3 is 39.5 Å². The molecule has 576 valence electrons. The summed E-state index contributed by atoms with van der Waals surface area (Å²) >= 11 is 0. The number of rotatable bonds is 78. The van der Waals surface area contributed by atoms with Crippen LogP contribution in [0.3, 0.4) is 0 Å². The first-order valence-corrected chi connectivity index (χ1v) is 43.6. The van der Waals surface area contributed by atoms with Crippen LogP contribution in [0.5, 0.6) is 0 Å². The number of aliphatic hydroxyl groups is 1. The van der Waals surface area contributed by atoms with Gasteiger partial charge in [-0.25, -0.2) is 9.13 Å². The zero-order valence-electron chi connectivity index (χ0n) is 63.2. The van der Waals surface area contributed by atoms with E-state index in [0.29, 0.717) is 25.7 Å². The first-order chi connectivity index (χ1) is 47.0. The standard InChI is InChI=1S/C78H152O17P2/c1-6-9-12-15-18-20-22-23-24-25-26-27-28-29-32-36-40-44-49-54-59-64-78(83)95-74(68-89-76(81)62-57-52-47-42-39-35-33-30-31-34-38-41-46-50-55-60-71(4)5)70-93-97(86,87)91-66-72(79)65-90-96(84,85)92-69-73(67-88-75(80)61-56-51-45-17-14-11-8-3)94-77(82)63-58-53-48-43-37-21-19-16-13-10-7-2/h71-74,79H,6-70H2,1-5H3,(H,84,85)(H,86,87)/t72-,73+,74+/m0/s1. The topological polar surface area (TPSA) is 237 Å². The number of phosphoric acid groups is 2. The number of aliphatic hydroxyl groups excluding tert-OH is 1. The summed E-state index contributed by atoms with van der Waals surface area (Å²) in [5.74, 6) is -1.31. The highest BCUT2D eigenvalue weighted by Crippen LogP contribution is 2.45. The van der Waals surface area contributed by atoms with Crippen molar-refractivity contribution in [2.45, 2.75) is 432 Å². The Kier molecular flexibility index (Phi) is 69.6. The Labute approximate surface area is 594 Å². The van der Waals surface area contributed by atoms with E-state index in [0.717, 1.165) is 109 Å². The number of hydrogen-bond acceptors (Lipinski definition) is 15. The molecule has 0 rings (SSSR count). The van der Waals surface area contributed by atoms with E-state index in [-0.39, 0.29) is 25.7 Å². The van der Waals surface area contributed by atoms with Gasteiger partial charge in [0, 0.05) is 25.7 Å². The molecule has 17 nitrogen and oxygen atoms in total. The molecule has 2 unspecified atom stereocenters. The smallest absolute Gasteiger partial charge is 0.462 e. The summed E-state index contributed by atoms with van der Waals surface area (Å²) in [7, 11) is -9.90. The van der Waals surface area contributed by atoms with E-state index in [1.54, 1.807) is 0 Å². The Morgan fingerprint density at radius 2 is 0.474 bits per heavy atom. The molecule has 0 radical (unpaired) electrons. The molecule has 0 amide bonds. The summed E-state index contributed by atoms with van der Waals surface area (Å²) in [6.45, 7) is 7.28. The number of esters is 4. The van der Waals surface area contributed by atoms with Crippen molar-refractivity contribution in [2.24, 2.45) is 5.92 Å². The van der Waals surface area contributed by atoms with Crippen molar-refractivity contribution >= 4 is 39.5 Å². The molecular formula is C78H152O17P2. The zero-order valence-corrected chi connectivity index (χ0v) is 65.0. The Hall–Kier alpha value is -1.94. The van der Waals surface area contributed by atoms with Crippen LogP contribution < -0.4 is 0 Å². The number of unbranched alkanes of at least 4 members (excludes halogenated alkanes) is 50. The van der Waals surface area contributed by atoms with Crippen LogP contribution in [-0.4, -0.2) is 96.7 Å². The Morgan fingerprint density at radius 1 is 0.278 bits per heavy atom. The second kappa shape index (κ2) is 71.1. The molecule has 0 aliphatic rings. The summed E-state index contributed by atoms with van der Waals surface area (Å²) in [6, 6.07) is 0. The molecule has 0 aromatic carbocycles. The lowest BCUT2D eigenvalue weighted by atomic mass is 10.0. The highest BCUT2D eigenvalue weighted by molar-refractivity contribution is 7.47. The molecule has 0 heterocycles. The van der Waals surface area contributed by atoms with Gasteiger partial charge in [-0.2, -0.15) is 0 Å². The SMILES string of the molecule is CCCCCCCCCCCCCCCCCCCCCCCC(=O)O[C@H](COC(=O)CCCCCCCCCCCCCCCCCC(C)C)COP(=O)(O)OC[C@@H](O)COP(=O)(O)OC[C@@H](COC(=O)CCCCCCCCC)OC(=O)CCCCCCCCCCCCC. The molecule has 3 N–H and O–H groups in total. The lowest BCUT2D eigenvalue weighted by Crippen LogP contribution is -2.30. The molecule has 0 aliphatic heterocycles. The molecule has 0 fully saturated rings. The third-order valence-electron chi connectivity index (χ3n) is 18.3. The molecule has 0 saturated carbocycles. The normalized spacial score (nSPS) is 13.9. The van der Waals surface area contributed by atoms with E-state index < -0.39 is 97.5 Å². The van der Waals surface area contributed by atoms with E-state index in [1.165, 1.54) is 225 Å². The predicted molar refractivity (Wildman–Crippen MR) is 395 cm³/mol. The molecule has 97 heavy (non-hydrogen) atoms. The number of carbonyl (C=O) groups is 4. The van der Waals surface area contributed by atoms with Crippen molar-refractivity contribution in [2.75, 3.05) is 39.6 Å². The maximum Gasteiger partial charge on any atom is 0.472 e. The van der Waals surface area contributed by atoms with Gasteiger partial charge in [-0.15, -0.1) is 0 Å². The minimum absolute atomic E-state index is 0.107. The van der Waals surface area contributed by atoms with Gasteiger partial charge < -0.3 is 33.8 Å². The lowest BCUT2D eigenvalue weighted by Gasteiger charge is -2.21. The van der Waals surface area contributed by atoms with Crippen LogP contribution in [0.15, 0.2) is 0 Å². The van der Waals surface area contributed by atoms with Gasteiger partial charge in [-0.05, 0) is 31.6 Å². The summed E-state index contributed by atoms with van der Waals surface area (Å²) in [4.78, 5) is 72.7. The molecule has 0 aromatic heterocycles. The van der Waals surface area contributed by atoms with Crippen LogP contribution >= 0.6 is 15.6 Å². The van der Waals surface area contributed by atoms with E-state index in [4.69, 9.17) is 37.0 Å². The lowest BCUT2D eigenvalue weighted by molar-refractivity contribution is -0.161. The van der Waals surface area contributed by atoms with Crippen LogP contribution in [0.1, 0.15) is 413 Å². The number of carbonyl (C=O) groups excluding carboxylic acids is 4. The van der Waals surface area contributed by atoms with Crippen molar-refractivity contribution in [3.8, 4) is 0 Å². The molecular weight excluding hydrogens is 1270 g/mol. The average Bonchev–Trinajstić information content (AvgIpc) is 2.85. The average molecular weight is 1420 g/mol. The molecule has 0 aliphatic carbocycles. The van der Waals surface area contributed by atoms with Crippen molar-refractivity contribution in [3.05, 3.63) is 0 Å². The molecule has 5 atom stereocenters. The van der Waals surface area contributed by atoms with Gasteiger partial charge in [0.1, 0.15) is 19.3 Å². The monoisotopic (exact) mass is 1420 g/mol. The maximum atomic E-state index is 13.1. The fourth-order valence-electron chi connectivity index (χ4n) is 12.1. The largest absolute Gasteiger partial charge is 0.472 e. The molecule has 0 aromatic rings. The molecule has 0 saturated heterocycles. The second-order valence-electron chi connectivity index (χ2n) is 28.6. The third-order valence-corrected chi connectivity index (χ3v) is 20.2. The predicted octanol–water partition coefficient (Wildman–Crippen LogP) is 23.3. The number of hydrogen-bond donors (Lipinski definition) is 3. The van der Waals surface area contributed by atoms with E-state index in [9.17, 15) is 43.2 Å². The van der Waals surface area contributed by atoms with Gasteiger partial charge in [0.05, 0.1) is 26.4 Å². The van der Waals surface area contributed by atoms with Gasteiger partial charge in [0.2, 0.25) is 0 Å². The molecule has 19 heteroatoms.